The Hall–Kier alpha value is -0.570. The molecule has 16 heavy (non-hydrogen) atoms. The van der Waals surface area contributed by atoms with Gasteiger partial charge in [-0.05, 0) is 30.2 Å². The number of hydrogen-bond donors (Lipinski definition) is 2. The molecule has 94 valence electrons. The number of carboxylic acids is 1. The summed E-state index contributed by atoms with van der Waals surface area (Å²) in [4.78, 5) is 11.6. The van der Waals surface area contributed by atoms with Crippen molar-refractivity contribution >= 4 is 5.97 Å². The van der Waals surface area contributed by atoms with E-state index in [0.29, 0.717) is 6.54 Å². The van der Waals surface area contributed by atoms with Crippen molar-refractivity contribution in [3.8, 4) is 0 Å². The van der Waals surface area contributed by atoms with E-state index in [-0.39, 0.29) is 16.7 Å². The van der Waals surface area contributed by atoms with Crippen molar-refractivity contribution in [2.75, 3.05) is 6.54 Å². The summed E-state index contributed by atoms with van der Waals surface area (Å²) in [6.45, 7) is 6.54. The molecule has 1 unspecified atom stereocenters. The predicted molar refractivity (Wildman–Crippen MR) is 65.2 cm³/mol. The van der Waals surface area contributed by atoms with Gasteiger partial charge in [-0.25, -0.2) is 0 Å². The molecule has 0 heterocycles. The highest BCUT2D eigenvalue weighted by Crippen LogP contribution is 2.48. The van der Waals surface area contributed by atoms with Crippen molar-refractivity contribution < 1.29 is 9.90 Å². The third kappa shape index (κ3) is 2.57. The van der Waals surface area contributed by atoms with Crippen LogP contribution in [0, 0.1) is 16.7 Å². The normalized spacial score (nSPS) is 22.8. The maximum Gasteiger partial charge on any atom is 0.307 e. The molecular formula is C13H25NO2. The molecule has 0 spiro atoms. The molecule has 0 saturated heterocycles. The van der Waals surface area contributed by atoms with Gasteiger partial charge in [0.2, 0.25) is 0 Å². The Balaban J connectivity index is 3.02. The third-order valence-corrected chi connectivity index (χ3v) is 3.98. The number of carbonyl (C=O) groups is 1. The van der Waals surface area contributed by atoms with Crippen LogP contribution in [0.3, 0.4) is 0 Å². The lowest BCUT2D eigenvalue weighted by Gasteiger charge is -2.46. The van der Waals surface area contributed by atoms with Crippen LogP contribution in [-0.4, -0.2) is 17.6 Å². The number of carboxylic acid groups (broad SMARTS) is 1. The van der Waals surface area contributed by atoms with Gasteiger partial charge in [0.05, 0.1) is 5.92 Å². The molecule has 0 aromatic heterocycles. The molecule has 0 aliphatic heterocycles. The van der Waals surface area contributed by atoms with E-state index in [9.17, 15) is 9.90 Å². The lowest BCUT2D eigenvalue weighted by Crippen LogP contribution is -2.49. The molecule has 1 fully saturated rings. The summed E-state index contributed by atoms with van der Waals surface area (Å²) < 4.78 is 0. The molecule has 3 N–H and O–H groups in total. The van der Waals surface area contributed by atoms with Crippen molar-refractivity contribution in [1.82, 2.24) is 0 Å². The summed E-state index contributed by atoms with van der Waals surface area (Å²) in [5.74, 6) is -1.01. The Morgan fingerprint density at radius 1 is 1.31 bits per heavy atom. The van der Waals surface area contributed by atoms with E-state index in [0.717, 1.165) is 25.7 Å². The van der Waals surface area contributed by atoms with Crippen LogP contribution in [0.5, 0.6) is 0 Å². The summed E-state index contributed by atoms with van der Waals surface area (Å²) in [6.07, 6.45) is 5.40. The second kappa shape index (κ2) is 4.74. The number of rotatable bonds is 3. The molecule has 1 aliphatic carbocycles. The summed E-state index contributed by atoms with van der Waals surface area (Å²) in [5, 5.41) is 9.50. The highest BCUT2D eigenvalue weighted by Gasteiger charge is 2.48. The molecule has 3 nitrogen and oxygen atoms in total. The van der Waals surface area contributed by atoms with Crippen molar-refractivity contribution in [2.24, 2.45) is 22.5 Å². The van der Waals surface area contributed by atoms with Crippen LogP contribution in [-0.2, 0) is 4.79 Å². The van der Waals surface area contributed by atoms with Gasteiger partial charge in [-0.3, -0.25) is 4.79 Å². The van der Waals surface area contributed by atoms with E-state index in [1.165, 1.54) is 6.42 Å². The molecule has 3 heteroatoms. The second-order valence-electron chi connectivity index (χ2n) is 6.26. The first-order valence-electron chi connectivity index (χ1n) is 6.26. The summed E-state index contributed by atoms with van der Waals surface area (Å²) in [6, 6.07) is 0. The summed E-state index contributed by atoms with van der Waals surface area (Å²) in [5.41, 5.74) is 5.51. The lowest BCUT2D eigenvalue weighted by atomic mass is 9.58. The zero-order valence-corrected chi connectivity index (χ0v) is 10.8. The Bertz CT molecular complexity index is 249. The van der Waals surface area contributed by atoms with Gasteiger partial charge in [-0.15, -0.1) is 0 Å². The fraction of sp³-hybridized carbons (Fsp3) is 0.923. The molecule has 1 atom stereocenters. The van der Waals surface area contributed by atoms with Crippen molar-refractivity contribution in [3.05, 3.63) is 0 Å². The summed E-state index contributed by atoms with van der Waals surface area (Å²) >= 11 is 0. The van der Waals surface area contributed by atoms with Crippen LogP contribution < -0.4 is 5.73 Å². The fourth-order valence-electron chi connectivity index (χ4n) is 3.42. The van der Waals surface area contributed by atoms with Gasteiger partial charge >= 0.3 is 5.97 Å². The van der Waals surface area contributed by atoms with Crippen molar-refractivity contribution in [1.29, 1.82) is 0 Å². The van der Waals surface area contributed by atoms with Gasteiger partial charge < -0.3 is 10.8 Å². The van der Waals surface area contributed by atoms with Gasteiger partial charge in [0.15, 0.2) is 0 Å². The highest BCUT2D eigenvalue weighted by atomic mass is 16.4. The van der Waals surface area contributed by atoms with E-state index >= 15 is 0 Å². The van der Waals surface area contributed by atoms with Crippen LogP contribution in [0.2, 0.25) is 0 Å². The second-order valence-corrected chi connectivity index (χ2v) is 6.26. The molecule has 1 rings (SSSR count). The monoisotopic (exact) mass is 227 g/mol. The predicted octanol–water partition coefficient (Wildman–Crippen LogP) is 2.64. The van der Waals surface area contributed by atoms with E-state index in [1.54, 1.807) is 0 Å². The molecule has 0 aromatic rings. The topological polar surface area (TPSA) is 63.3 Å². The SMILES string of the molecule is CC(C)(C)C(C(=O)O)C1(CN)CCCCC1. The first kappa shape index (κ1) is 13.5. The smallest absolute Gasteiger partial charge is 0.307 e. The quantitative estimate of drug-likeness (QED) is 0.779. The van der Waals surface area contributed by atoms with Crippen LogP contribution in [0.25, 0.3) is 0 Å². The maximum absolute atomic E-state index is 11.6. The fourth-order valence-corrected chi connectivity index (χ4v) is 3.42. The van der Waals surface area contributed by atoms with Crippen molar-refractivity contribution in [2.45, 2.75) is 52.9 Å². The van der Waals surface area contributed by atoms with Crippen LogP contribution >= 0.6 is 0 Å². The minimum absolute atomic E-state index is 0.178. The Labute approximate surface area is 98.4 Å². The minimum atomic E-state index is -0.681. The highest BCUT2D eigenvalue weighted by molar-refractivity contribution is 5.72. The molecule has 0 radical (unpaired) electrons. The van der Waals surface area contributed by atoms with Gasteiger partial charge in [0, 0.05) is 0 Å². The number of aliphatic carboxylic acids is 1. The van der Waals surface area contributed by atoms with E-state index in [4.69, 9.17) is 5.73 Å². The van der Waals surface area contributed by atoms with Gasteiger partial charge in [-0.1, -0.05) is 40.0 Å². The zero-order valence-electron chi connectivity index (χ0n) is 10.8. The maximum atomic E-state index is 11.6. The minimum Gasteiger partial charge on any atom is -0.481 e. The molecule has 1 aliphatic rings. The first-order chi connectivity index (χ1) is 7.33. The van der Waals surface area contributed by atoms with Crippen LogP contribution in [0.1, 0.15) is 52.9 Å². The standard InChI is InChI=1S/C13H25NO2/c1-12(2,3)10(11(15)16)13(9-14)7-5-4-6-8-13/h10H,4-9,14H2,1-3H3,(H,15,16). The first-order valence-corrected chi connectivity index (χ1v) is 6.26. The Morgan fingerprint density at radius 3 is 2.12 bits per heavy atom. The third-order valence-electron chi connectivity index (χ3n) is 3.98. The molecule has 0 aromatic carbocycles. The number of hydrogen-bond acceptors (Lipinski definition) is 2. The van der Waals surface area contributed by atoms with E-state index < -0.39 is 5.97 Å². The molecule has 0 amide bonds. The zero-order chi connectivity index (χ0) is 12.4. The van der Waals surface area contributed by atoms with Crippen LogP contribution in [0.4, 0.5) is 0 Å². The Kier molecular flexibility index (Phi) is 4.00. The Morgan fingerprint density at radius 2 is 1.81 bits per heavy atom. The van der Waals surface area contributed by atoms with E-state index in [1.807, 2.05) is 20.8 Å². The van der Waals surface area contributed by atoms with Gasteiger partial charge in [0.1, 0.15) is 0 Å². The van der Waals surface area contributed by atoms with Gasteiger partial charge in [0.25, 0.3) is 0 Å². The average molecular weight is 227 g/mol. The summed E-state index contributed by atoms with van der Waals surface area (Å²) in [7, 11) is 0. The molecule has 0 bridgehead atoms. The lowest BCUT2D eigenvalue weighted by molar-refractivity contribution is -0.154. The average Bonchev–Trinajstić information content (AvgIpc) is 2.16. The van der Waals surface area contributed by atoms with Crippen molar-refractivity contribution in [3.63, 3.8) is 0 Å². The molecule has 1 saturated carbocycles. The number of nitrogens with two attached hydrogens (primary N) is 1. The van der Waals surface area contributed by atoms with E-state index in [2.05, 4.69) is 0 Å². The van der Waals surface area contributed by atoms with Gasteiger partial charge in [-0.2, -0.15) is 0 Å². The van der Waals surface area contributed by atoms with Crippen LogP contribution in [0.15, 0.2) is 0 Å². The molecular weight excluding hydrogens is 202 g/mol. The largest absolute Gasteiger partial charge is 0.481 e.